The van der Waals surface area contributed by atoms with E-state index in [1.165, 1.54) is 0 Å². The first-order chi connectivity index (χ1) is 25.6. The molecule has 4 aromatic carbocycles. The summed E-state index contributed by atoms with van der Waals surface area (Å²) < 4.78 is 10.5. The fraction of sp³-hybridized carbons (Fsp3) is 0.256. The number of carbonyl (C=O) groups is 4. The number of rotatable bonds is 16. The third kappa shape index (κ3) is 7.99. The lowest BCUT2D eigenvalue weighted by Crippen LogP contribution is -2.32. The van der Waals surface area contributed by atoms with E-state index in [0.717, 1.165) is 56.7 Å². The zero-order valence-electron chi connectivity index (χ0n) is 30.4. The minimum Gasteiger partial charge on any atom is -0.457 e. The van der Waals surface area contributed by atoms with Crippen LogP contribution in [0.4, 0.5) is 0 Å². The molecule has 0 fully saturated rings. The van der Waals surface area contributed by atoms with Crippen molar-refractivity contribution in [3.8, 4) is 11.1 Å². The van der Waals surface area contributed by atoms with Gasteiger partial charge in [-0.3, -0.25) is 19.3 Å². The van der Waals surface area contributed by atoms with Crippen molar-refractivity contribution in [2.75, 3.05) is 13.2 Å². The molecule has 5 rings (SSSR count). The molecule has 0 aliphatic heterocycles. The van der Waals surface area contributed by atoms with Gasteiger partial charge in [0.1, 0.15) is 25.4 Å². The van der Waals surface area contributed by atoms with Crippen LogP contribution in [0.25, 0.3) is 11.1 Å². The van der Waals surface area contributed by atoms with Crippen LogP contribution in [0.15, 0.2) is 110 Å². The molecule has 2 amide bonds. The second kappa shape index (κ2) is 17.1. The van der Waals surface area contributed by atoms with Gasteiger partial charge in [0.15, 0.2) is 0 Å². The number of benzene rings is 4. The molecule has 1 aliphatic rings. The van der Waals surface area contributed by atoms with Crippen LogP contribution >= 0.6 is 0 Å². The van der Waals surface area contributed by atoms with Crippen molar-refractivity contribution in [2.24, 2.45) is 0 Å². The second-order valence-electron chi connectivity index (χ2n) is 12.7. The summed E-state index contributed by atoms with van der Waals surface area (Å²) in [7, 11) is 0. The van der Waals surface area contributed by atoms with E-state index in [1.807, 2.05) is 76.2 Å². The van der Waals surface area contributed by atoms with E-state index < -0.39 is 41.4 Å². The Kier molecular flexibility index (Phi) is 12.4. The molecule has 0 saturated heterocycles. The fourth-order valence-electron chi connectivity index (χ4n) is 6.73. The minimum atomic E-state index is -0.785. The lowest BCUT2D eigenvalue weighted by Gasteiger charge is -2.34. The topological polar surface area (TPSA) is 129 Å². The molecule has 0 bridgehead atoms. The number of esters is 2. The Hall–Kier alpha value is -5.84. The largest absolute Gasteiger partial charge is 0.457 e. The third-order valence-electron chi connectivity index (χ3n) is 9.44. The van der Waals surface area contributed by atoms with E-state index in [0.29, 0.717) is 24.0 Å². The number of aryl methyl sites for hydroxylation is 2. The lowest BCUT2D eigenvalue weighted by molar-refractivity contribution is -0.148. The maximum absolute atomic E-state index is 13.3. The molecular weight excluding hydrogens is 672 g/mol. The maximum Gasteiger partial charge on any atom is 0.330 e. The van der Waals surface area contributed by atoms with Gasteiger partial charge in [-0.25, -0.2) is 20.5 Å². The van der Waals surface area contributed by atoms with Crippen LogP contribution < -0.4 is 11.0 Å². The fourth-order valence-corrected chi connectivity index (χ4v) is 6.73. The maximum atomic E-state index is 13.3. The van der Waals surface area contributed by atoms with Crippen LogP contribution in [0.1, 0.15) is 80.8 Å². The smallest absolute Gasteiger partial charge is 0.330 e. The highest BCUT2D eigenvalue weighted by molar-refractivity contribution is 5.96. The van der Waals surface area contributed by atoms with Gasteiger partial charge in [0.25, 0.3) is 11.8 Å². The summed E-state index contributed by atoms with van der Waals surface area (Å²) in [5.41, 5.74) is 12.7. The molecule has 0 radical (unpaired) electrons. The summed E-state index contributed by atoms with van der Waals surface area (Å²) in [6.45, 7) is 14.2. The summed E-state index contributed by atoms with van der Waals surface area (Å²) in [4.78, 5) is 60.7. The highest BCUT2D eigenvalue weighted by Gasteiger charge is 2.46. The molecular formula is C43H44N2O8. The second-order valence-corrected chi connectivity index (χ2v) is 12.7. The van der Waals surface area contributed by atoms with Crippen LogP contribution in [-0.2, 0) is 34.2 Å². The van der Waals surface area contributed by atoms with Gasteiger partial charge in [-0.15, -0.1) is 0 Å². The van der Waals surface area contributed by atoms with Crippen molar-refractivity contribution >= 4 is 23.8 Å². The predicted molar refractivity (Wildman–Crippen MR) is 201 cm³/mol. The van der Waals surface area contributed by atoms with Crippen molar-refractivity contribution in [1.29, 1.82) is 0 Å². The Labute approximate surface area is 309 Å². The number of ether oxygens (including phenoxy) is 2. The first-order valence-corrected chi connectivity index (χ1v) is 17.5. The van der Waals surface area contributed by atoms with Crippen LogP contribution in [0.3, 0.4) is 0 Å². The van der Waals surface area contributed by atoms with Gasteiger partial charge in [0.05, 0.1) is 5.41 Å². The van der Waals surface area contributed by atoms with Crippen molar-refractivity contribution < 1.29 is 38.3 Å². The molecule has 4 aromatic rings. The summed E-state index contributed by atoms with van der Waals surface area (Å²) in [5, 5.41) is 0. The molecule has 2 N–H and O–H groups in total. The van der Waals surface area contributed by atoms with Gasteiger partial charge in [-0.1, -0.05) is 99.8 Å². The Balaban J connectivity index is 1.47. The molecule has 10 nitrogen and oxygen atoms in total. The van der Waals surface area contributed by atoms with Crippen LogP contribution in [0.2, 0.25) is 0 Å². The van der Waals surface area contributed by atoms with Crippen LogP contribution in [0.5, 0.6) is 0 Å². The van der Waals surface area contributed by atoms with E-state index in [9.17, 15) is 19.2 Å². The Morgan fingerprint density at radius 3 is 1.40 bits per heavy atom. The Morgan fingerprint density at radius 2 is 1.04 bits per heavy atom. The molecule has 0 aromatic heterocycles. The predicted octanol–water partition coefficient (Wildman–Crippen LogP) is 7.00. The van der Waals surface area contributed by atoms with E-state index in [-0.39, 0.29) is 13.2 Å². The molecule has 0 spiro atoms. The van der Waals surface area contributed by atoms with Gasteiger partial charge < -0.3 is 9.47 Å². The number of hydroxylamine groups is 2. The molecule has 53 heavy (non-hydrogen) atoms. The molecule has 1 aliphatic carbocycles. The molecule has 0 saturated carbocycles. The Bertz CT molecular complexity index is 1890. The highest BCUT2D eigenvalue weighted by atomic mass is 16.7. The number of fused-ring (bicyclic) bond motifs is 3. The third-order valence-corrected chi connectivity index (χ3v) is 9.44. The van der Waals surface area contributed by atoms with Gasteiger partial charge in [0, 0.05) is 23.3 Å². The van der Waals surface area contributed by atoms with Crippen molar-refractivity contribution in [3.05, 3.63) is 155 Å². The van der Waals surface area contributed by atoms with Crippen molar-refractivity contribution in [3.63, 3.8) is 0 Å². The van der Waals surface area contributed by atoms with Gasteiger partial charge in [0.2, 0.25) is 0 Å². The average Bonchev–Trinajstić information content (AvgIpc) is 3.47. The number of nitrogens with one attached hydrogen (secondary N) is 2. The summed E-state index contributed by atoms with van der Waals surface area (Å²) in [5.74, 6) is -1.99. The Morgan fingerprint density at radius 1 is 0.642 bits per heavy atom. The van der Waals surface area contributed by atoms with Crippen LogP contribution in [-0.4, -0.2) is 49.2 Å². The number of amides is 2. The molecule has 10 heteroatoms. The summed E-state index contributed by atoms with van der Waals surface area (Å²) in [6, 6.07) is 28.0. The van der Waals surface area contributed by atoms with E-state index >= 15 is 0 Å². The van der Waals surface area contributed by atoms with E-state index in [1.54, 1.807) is 12.1 Å². The number of hydrogen-bond acceptors (Lipinski definition) is 8. The first-order valence-electron chi connectivity index (χ1n) is 17.5. The quantitative estimate of drug-likeness (QED) is 0.0635. The molecule has 2 atom stereocenters. The average molecular weight is 717 g/mol. The normalized spacial score (nSPS) is 13.4. The molecule has 274 valence electrons. The van der Waals surface area contributed by atoms with E-state index in [2.05, 4.69) is 48.4 Å². The highest BCUT2D eigenvalue weighted by Crippen LogP contribution is 2.56. The summed E-state index contributed by atoms with van der Waals surface area (Å²) in [6.07, 6.45) is 2.09. The van der Waals surface area contributed by atoms with Gasteiger partial charge in [-0.05, 0) is 83.3 Å². The van der Waals surface area contributed by atoms with E-state index in [4.69, 9.17) is 19.1 Å². The summed E-state index contributed by atoms with van der Waals surface area (Å²) >= 11 is 0. The monoisotopic (exact) mass is 716 g/mol. The minimum absolute atomic E-state index is 0.0143. The standard InChI is InChI=1S/C43H44N2O8/c1-7-31(52-39(46)9-3)25-50-44-41(48)33-21-19-29(23-27(33)5)43(37-17-13-11-15-35(37)36-16-12-14-18-38(36)43)30-20-22-34(28(6)24-30)42(49)45-51-26-32(8-2)53-40(47)10-4/h9-24,31-32H,3-4,7-8,25-26H2,1-2,5-6H3,(H,44,48)(H,45,49). The molecule has 2 unspecified atom stereocenters. The number of carbonyl (C=O) groups excluding carboxylic acids is 4. The zero-order valence-corrected chi connectivity index (χ0v) is 30.4. The zero-order chi connectivity index (χ0) is 38.1. The van der Waals surface area contributed by atoms with Gasteiger partial charge >= 0.3 is 11.9 Å². The van der Waals surface area contributed by atoms with Gasteiger partial charge in [-0.2, -0.15) is 0 Å². The SMILES string of the molecule is C=CC(=O)OC(CC)CONC(=O)c1ccc(C2(c3ccc(C(=O)NOCC(CC)OC(=O)C=C)c(C)c3)c3ccccc3-c3ccccc32)cc1C. The molecule has 0 heterocycles. The van der Waals surface area contributed by atoms with Crippen LogP contribution in [0, 0.1) is 13.8 Å². The lowest BCUT2D eigenvalue weighted by atomic mass is 9.67. The van der Waals surface area contributed by atoms with Crippen molar-refractivity contribution in [1.82, 2.24) is 11.0 Å². The van der Waals surface area contributed by atoms with Crippen molar-refractivity contribution in [2.45, 2.75) is 58.2 Å². The first kappa shape index (κ1) is 38.4. The number of hydrogen-bond donors (Lipinski definition) is 2.